The van der Waals surface area contributed by atoms with Crippen molar-refractivity contribution in [1.82, 2.24) is 10.0 Å². The summed E-state index contributed by atoms with van der Waals surface area (Å²) in [5.41, 5.74) is 1.28. The van der Waals surface area contributed by atoms with Gasteiger partial charge in [-0.05, 0) is 49.1 Å². The first-order valence-corrected chi connectivity index (χ1v) is 12.2. The number of oxime groups is 1. The highest BCUT2D eigenvalue weighted by atomic mass is 32.2. The molecule has 3 N–H and O–H groups in total. The Balaban J connectivity index is 1.67. The number of amides is 1. The fraction of sp³-hybridized carbons (Fsp3) is 0.348. The van der Waals surface area contributed by atoms with Crippen LogP contribution in [0.3, 0.4) is 0 Å². The number of esters is 1. The second-order valence-corrected chi connectivity index (χ2v) is 10.3. The third-order valence-corrected chi connectivity index (χ3v) is 7.16. The molecule has 1 saturated carbocycles. The molecule has 0 radical (unpaired) electrons. The minimum atomic E-state index is -4.04. The van der Waals surface area contributed by atoms with Crippen LogP contribution < -0.4 is 10.0 Å². The summed E-state index contributed by atoms with van der Waals surface area (Å²) in [6.45, 7) is 3.42. The minimum Gasteiger partial charge on any atom is -0.468 e. The molecule has 1 amide bonds. The summed E-state index contributed by atoms with van der Waals surface area (Å²) in [4.78, 5) is 24.0. The molecule has 1 fully saturated rings. The number of benzene rings is 2. The van der Waals surface area contributed by atoms with E-state index in [4.69, 9.17) is 9.15 Å². The van der Waals surface area contributed by atoms with Crippen molar-refractivity contribution in [3.8, 4) is 0 Å². The van der Waals surface area contributed by atoms with Crippen LogP contribution in [0.4, 0.5) is 0 Å². The summed E-state index contributed by atoms with van der Waals surface area (Å²) in [6, 6.07) is 8.33. The summed E-state index contributed by atoms with van der Waals surface area (Å²) in [5, 5.41) is 16.5. The highest BCUT2D eigenvalue weighted by molar-refractivity contribution is 7.89. The number of rotatable bonds is 7. The van der Waals surface area contributed by atoms with E-state index in [1.54, 1.807) is 38.1 Å². The summed E-state index contributed by atoms with van der Waals surface area (Å²) in [7, 11) is -2.84. The van der Waals surface area contributed by atoms with Gasteiger partial charge in [-0.15, -0.1) is 0 Å². The van der Waals surface area contributed by atoms with Gasteiger partial charge in [0, 0.05) is 28.3 Å². The molecule has 10 nitrogen and oxygen atoms in total. The topological polar surface area (TPSA) is 147 Å². The zero-order chi connectivity index (χ0) is 24.6. The van der Waals surface area contributed by atoms with Gasteiger partial charge in [0.15, 0.2) is 5.84 Å². The first-order valence-electron chi connectivity index (χ1n) is 10.7. The number of furan rings is 1. The highest BCUT2D eigenvalue weighted by Gasteiger charge is 2.31. The summed E-state index contributed by atoms with van der Waals surface area (Å²) in [5.74, 6) is -1.22. The smallest absolute Gasteiger partial charge is 0.324 e. The monoisotopic (exact) mass is 487 g/mol. The Morgan fingerprint density at radius 1 is 1.12 bits per heavy atom. The number of methoxy groups -OCH3 is 1. The molecule has 1 aliphatic carbocycles. The van der Waals surface area contributed by atoms with Gasteiger partial charge < -0.3 is 19.7 Å². The van der Waals surface area contributed by atoms with E-state index >= 15 is 0 Å². The van der Waals surface area contributed by atoms with Crippen molar-refractivity contribution in [2.45, 2.75) is 37.6 Å². The molecule has 0 bridgehead atoms. The van der Waals surface area contributed by atoms with Crippen LogP contribution in [0, 0.1) is 11.8 Å². The van der Waals surface area contributed by atoms with Crippen LogP contribution in [0.2, 0.25) is 0 Å². The van der Waals surface area contributed by atoms with E-state index in [0.717, 1.165) is 12.8 Å². The van der Waals surface area contributed by atoms with Gasteiger partial charge in [-0.2, -0.15) is 4.72 Å². The molecule has 4 rings (SSSR count). The van der Waals surface area contributed by atoms with Gasteiger partial charge in [-0.3, -0.25) is 9.59 Å². The number of nitrogens with one attached hydrogen (secondary N) is 2. The number of nitrogens with zero attached hydrogens (tertiary/aromatic N) is 1. The van der Waals surface area contributed by atoms with Crippen molar-refractivity contribution in [3.63, 3.8) is 0 Å². The van der Waals surface area contributed by atoms with Crippen LogP contribution in [-0.2, 0) is 24.3 Å². The lowest BCUT2D eigenvalue weighted by Crippen LogP contribution is -2.44. The van der Waals surface area contributed by atoms with Gasteiger partial charge in [0.25, 0.3) is 0 Å². The standard InChI is InChI=1S/C23H25N3O7S/c1-12(2)20(23(28)32-3)26-34(30,31)15-7-8-16-17-10-14(6-9-18(17)33-19(16)11-15)21(25-29)24-22(27)13-4-5-13/h6-13,20,26,29H,4-5H2,1-3H3,(H,24,25,27)/t20-/m0/s1. The Hall–Kier alpha value is -3.44. The van der Waals surface area contributed by atoms with Gasteiger partial charge in [0.1, 0.15) is 17.2 Å². The highest BCUT2D eigenvalue weighted by Crippen LogP contribution is 2.32. The third-order valence-electron chi connectivity index (χ3n) is 5.72. The summed E-state index contributed by atoms with van der Waals surface area (Å²) in [6.07, 6.45) is 1.63. The zero-order valence-corrected chi connectivity index (χ0v) is 19.7. The molecule has 2 aromatic carbocycles. The molecular formula is C23H25N3O7S. The Morgan fingerprint density at radius 2 is 1.85 bits per heavy atom. The van der Waals surface area contributed by atoms with Crippen molar-refractivity contribution in [3.05, 3.63) is 42.0 Å². The molecule has 0 saturated heterocycles. The average molecular weight is 488 g/mol. The van der Waals surface area contributed by atoms with E-state index in [1.807, 2.05) is 0 Å². The Bertz CT molecular complexity index is 1400. The number of carbonyl (C=O) groups excluding carboxylic acids is 2. The van der Waals surface area contributed by atoms with Crippen molar-refractivity contribution in [2.24, 2.45) is 17.0 Å². The van der Waals surface area contributed by atoms with Crippen LogP contribution in [0.15, 0.2) is 50.9 Å². The van der Waals surface area contributed by atoms with Gasteiger partial charge in [-0.1, -0.05) is 19.0 Å². The zero-order valence-electron chi connectivity index (χ0n) is 18.9. The second-order valence-electron chi connectivity index (χ2n) is 8.55. The van der Waals surface area contributed by atoms with Crippen molar-refractivity contribution in [2.75, 3.05) is 7.11 Å². The lowest BCUT2D eigenvalue weighted by atomic mass is 10.1. The van der Waals surface area contributed by atoms with E-state index in [-0.39, 0.29) is 28.5 Å². The van der Waals surface area contributed by atoms with E-state index in [9.17, 15) is 23.2 Å². The molecule has 11 heteroatoms. The lowest BCUT2D eigenvalue weighted by Gasteiger charge is -2.19. The maximum Gasteiger partial charge on any atom is 0.324 e. The Kier molecular flexibility index (Phi) is 6.32. The quantitative estimate of drug-likeness (QED) is 0.153. The number of sulfonamides is 1. The number of carbonyl (C=O) groups is 2. The van der Waals surface area contributed by atoms with Crippen LogP contribution in [0.5, 0.6) is 0 Å². The fourth-order valence-corrected chi connectivity index (χ4v) is 4.96. The maximum absolute atomic E-state index is 12.9. The predicted molar refractivity (Wildman–Crippen MR) is 124 cm³/mol. The van der Waals surface area contributed by atoms with Crippen molar-refractivity contribution in [1.29, 1.82) is 0 Å². The number of hydrogen-bond acceptors (Lipinski definition) is 8. The molecule has 180 valence electrons. The average Bonchev–Trinajstić information content (AvgIpc) is 3.60. The molecule has 0 unspecified atom stereocenters. The van der Waals surface area contributed by atoms with Gasteiger partial charge in [0.2, 0.25) is 15.9 Å². The molecule has 1 atom stereocenters. The summed E-state index contributed by atoms with van der Waals surface area (Å²) >= 11 is 0. The summed E-state index contributed by atoms with van der Waals surface area (Å²) < 4.78 is 38.8. The molecule has 0 spiro atoms. The van der Waals surface area contributed by atoms with Crippen molar-refractivity contribution >= 4 is 49.7 Å². The Morgan fingerprint density at radius 3 is 2.47 bits per heavy atom. The molecule has 3 aromatic rings. The van der Waals surface area contributed by atoms with Gasteiger partial charge >= 0.3 is 5.97 Å². The first kappa shape index (κ1) is 23.7. The largest absolute Gasteiger partial charge is 0.468 e. The molecule has 0 aliphatic heterocycles. The van der Waals surface area contributed by atoms with Crippen LogP contribution in [0.25, 0.3) is 21.9 Å². The van der Waals surface area contributed by atoms with E-state index in [1.165, 1.54) is 19.2 Å². The fourth-order valence-electron chi connectivity index (χ4n) is 3.61. The van der Waals surface area contributed by atoms with Crippen LogP contribution >= 0.6 is 0 Å². The van der Waals surface area contributed by atoms with Crippen LogP contribution in [0.1, 0.15) is 32.3 Å². The molecule has 1 aromatic heterocycles. The lowest BCUT2D eigenvalue weighted by molar-refractivity contribution is -0.143. The SMILES string of the molecule is COC(=O)[C@@H](NS(=O)(=O)c1ccc2c(c1)oc1ccc(C(=NO)NC(=O)C3CC3)cc12)C(C)C. The third kappa shape index (κ3) is 4.62. The van der Waals surface area contributed by atoms with E-state index in [2.05, 4.69) is 15.2 Å². The van der Waals surface area contributed by atoms with Gasteiger partial charge in [-0.25, -0.2) is 8.42 Å². The first-order chi connectivity index (χ1) is 16.1. The molecule has 1 aliphatic rings. The molecule has 1 heterocycles. The van der Waals surface area contributed by atoms with Crippen molar-refractivity contribution < 1.29 is 32.4 Å². The van der Waals surface area contributed by atoms with Crippen LogP contribution in [-0.4, -0.2) is 44.5 Å². The number of ether oxygens (including phenoxy) is 1. The number of hydrogen-bond donors (Lipinski definition) is 3. The van der Waals surface area contributed by atoms with E-state index < -0.39 is 22.0 Å². The molecular weight excluding hydrogens is 462 g/mol. The number of fused-ring (bicyclic) bond motifs is 3. The van der Waals surface area contributed by atoms with E-state index in [0.29, 0.717) is 27.5 Å². The minimum absolute atomic E-state index is 0.0269. The maximum atomic E-state index is 12.9. The number of amidine groups is 1. The molecule has 34 heavy (non-hydrogen) atoms. The predicted octanol–water partition coefficient (Wildman–Crippen LogP) is 2.72. The van der Waals surface area contributed by atoms with Gasteiger partial charge in [0.05, 0.1) is 12.0 Å². The Labute approximate surface area is 196 Å². The normalized spacial score (nSPS) is 15.6. The second kappa shape index (κ2) is 9.07.